The van der Waals surface area contributed by atoms with Crippen LogP contribution in [0.5, 0.6) is 0 Å². The fourth-order valence-electron chi connectivity index (χ4n) is 2.51. The number of hydrogen-bond acceptors (Lipinski definition) is 2. The lowest BCUT2D eigenvalue weighted by molar-refractivity contribution is -0.163. The Kier molecular flexibility index (Phi) is 5.46. The number of halogens is 3. The molecular weight excluding hydrogens is 241 g/mol. The van der Waals surface area contributed by atoms with Crippen molar-refractivity contribution >= 4 is 0 Å². The summed E-state index contributed by atoms with van der Waals surface area (Å²) < 4.78 is 37.6. The summed E-state index contributed by atoms with van der Waals surface area (Å²) in [5, 5.41) is 8.61. The van der Waals surface area contributed by atoms with E-state index in [0.29, 0.717) is 24.9 Å². The molecule has 2 nitrogen and oxygen atoms in total. The Bertz CT molecular complexity index is 294. The van der Waals surface area contributed by atoms with Crippen molar-refractivity contribution in [1.29, 1.82) is 5.26 Å². The molecule has 5 heteroatoms. The largest absolute Gasteiger partial charge is 0.405 e. The van der Waals surface area contributed by atoms with Crippen molar-refractivity contribution in [2.75, 3.05) is 19.6 Å². The Labute approximate surface area is 107 Å². The van der Waals surface area contributed by atoms with Crippen molar-refractivity contribution in [3.05, 3.63) is 0 Å². The number of hydrogen-bond donors (Lipinski definition) is 0. The van der Waals surface area contributed by atoms with E-state index in [2.05, 4.69) is 13.8 Å². The summed E-state index contributed by atoms with van der Waals surface area (Å²) in [5.74, 6) is -0.672. The van der Waals surface area contributed by atoms with Crippen LogP contribution in [0.25, 0.3) is 0 Å². The third-order valence-corrected chi connectivity index (χ3v) is 3.80. The molecule has 1 heterocycles. The molecule has 0 spiro atoms. The molecule has 18 heavy (non-hydrogen) atoms. The van der Waals surface area contributed by atoms with E-state index < -0.39 is 12.1 Å². The van der Waals surface area contributed by atoms with Gasteiger partial charge in [-0.2, -0.15) is 18.4 Å². The average Bonchev–Trinajstić information content (AvgIpc) is 2.49. The van der Waals surface area contributed by atoms with Gasteiger partial charge in [-0.1, -0.05) is 13.8 Å². The molecule has 0 radical (unpaired) electrons. The van der Waals surface area contributed by atoms with Gasteiger partial charge in [0.15, 0.2) is 5.92 Å². The maximum Gasteiger partial charge on any atom is 0.405 e. The molecular formula is C13H21F3N2. The van der Waals surface area contributed by atoms with Crippen molar-refractivity contribution in [1.82, 2.24) is 4.90 Å². The number of alkyl halides is 3. The Hall–Kier alpha value is -0.760. The first-order valence-corrected chi connectivity index (χ1v) is 6.53. The van der Waals surface area contributed by atoms with Gasteiger partial charge >= 0.3 is 6.18 Å². The molecule has 0 bridgehead atoms. The molecule has 1 aliphatic rings. The fourth-order valence-corrected chi connectivity index (χ4v) is 2.51. The van der Waals surface area contributed by atoms with Gasteiger partial charge in [-0.25, -0.2) is 0 Å². The van der Waals surface area contributed by atoms with Crippen molar-refractivity contribution in [2.45, 2.75) is 39.3 Å². The van der Waals surface area contributed by atoms with Crippen LogP contribution in [0.15, 0.2) is 0 Å². The SMILES string of the molecule is CC(C)C1CCCN(CC(C#N)C(F)(F)F)CC1. The molecule has 1 fully saturated rings. The van der Waals surface area contributed by atoms with Crippen LogP contribution in [-0.4, -0.2) is 30.7 Å². The first-order valence-electron chi connectivity index (χ1n) is 6.53. The Morgan fingerprint density at radius 3 is 2.44 bits per heavy atom. The number of likely N-dealkylation sites (tertiary alicyclic amines) is 1. The number of rotatable bonds is 3. The van der Waals surface area contributed by atoms with E-state index in [1.807, 2.05) is 0 Å². The summed E-state index contributed by atoms with van der Waals surface area (Å²) >= 11 is 0. The van der Waals surface area contributed by atoms with E-state index >= 15 is 0 Å². The van der Waals surface area contributed by atoms with Gasteiger partial charge in [-0.15, -0.1) is 0 Å². The molecule has 0 amide bonds. The van der Waals surface area contributed by atoms with Gasteiger partial charge in [0.2, 0.25) is 0 Å². The maximum atomic E-state index is 12.5. The molecule has 2 atom stereocenters. The maximum absolute atomic E-state index is 12.5. The van der Waals surface area contributed by atoms with E-state index in [0.717, 1.165) is 19.3 Å². The predicted molar refractivity (Wildman–Crippen MR) is 63.8 cm³/mol. The van der Waals surface area contributed by atoms with Crippen LogP contribution in [-0.2, 0) is 0 Å². The topological polar surface area (TPSA) is 27.0 Å². The van der Waals surface area contributed by atoms with Gasteiger partial charge in [-0.05, 0) is 44.2 Å². The molecule has 0 aliphatic carbocycles. The minimum atomic E-state index is -4.40. The van der Waals surface area contributed by atoms with E-state index in [-0.39, 0.29) is 6.54 Å². The molecule has 0 N–H and O–H groups in total. The van der Waals surface area contributed by atoms with Crippen molar-refractivity contribution < 1.29 is 13.2 Å². The summed E-state index contributed by atoms with van der Waals surface area (Å²) in [4.78, 5) is 1.80. The average molecular weight is 262 g/mol. The highest BCUT2D eigenvalue weighted by molar-refractivity contribution is 4.91. The lowest BCUT2D eigenvalue weighted by atomic mass is 9.89. The molecule has 0 aromatic rings. The van der Waals surface area contributed by atoms with Crippen LogP contribution in [0.2, 0.25) is 0 Å². The van der Waals surface area contributed by atoms with E-state index in [4.69, 9.17) is 5.26 Å². The zero-order valence-corrected chi connectivity index (χ0v) is 11.0. The normalized spacial score (nSPS) is 24.6. The van der Waals surface area contributed by atoms with Gasteiger partial charge in [0.1, 0.15) is 0 Å². The first kappa shape index (κ1) is 15.3. The zero-order valence-electron chi connectivity index (χ0n) is 11.0. The van der Waals surface area contributed by atoms with Gasteiger partial charge in [-0.3, -0.25) is 0 Å². The summed E-state index contributed by atoms with van der Waals surface area (Å²) in [7, 11) is 0. The molecule has 1 aliphatic heterocycles. The fraction of sp³-hybridized carbons (Fsp3) is 0.923. The molecule has 0 aromatic heterocycles. The zero-order chi connectivity index (χ0) is 13.8. The van der Waals surface area contributed by atoms with Crippen LogP contribution < -0.4 is 0 Å². The van der Waals surface area contributed by atoms with Crippen molar-refractivity contribution in [3.63, 3.8) is 0 Å². The van der Waals surface area contributed by atoms with Crippen molar-refractivity contribution in [2.24, 2.45) is 17.8 Å². The minimum absolute atomic E-state index is 0.176. The van der Waals surface area contributed by atoms with Crippen LogP contribution in [0, 0.1) is 29.1 Å². The highest BCUT2D eigenvalue weighted by Crippen LogP contribution is 2.29. The smallest absolute Gasteiger partial charge is 0.302 e. The second kappa shape index (κ2) is 6.42. The highest BCUT2D eigenvalue weighted by Gasteiger charge is 2.41. The van der Waals surface area contributed by atoms with Gasteiger partial charge in [0.25, 0.3) is 0 Å². The molecule has 1 saturated heterocycles. The third kappa shape index (κ3) is 4.49. The molecule has 2 unspecified atom stereocenters. The van der Waals surface area contributed by atoms with E-state index in [1.165, 1.54) is 6.07 Å². The summed E-state index contributed by atoms with van der Waals surface area (Å²) in [5.41, 5.74) is 0. The lowest BCUT2D eigenvalue weighted by Gasteiger charge is -2.24. The highest BCUT2D eigenvalue weighted by atomic mass is 19.4. The van der Waals surface area contributed by atoms with Gasteiger partial charge in [0, 0.05) is 6.54 Å². The van der Waals surface area contributed by atoms with Crippen LogP contribution in [0.4, 0.5) is 13.2 Å². The van der Waals surface area contributed by atoms with Gasteiger partial charge < -0.3 is 4.90 Å². The number of nitriles is 1. The van der Waals surface area contributed by atoms with Crippen LogP contribution >= 0.6 is 0 Å². The second-order valence-electron chi connectivity index (χ2n) is 5.46. The van der Waals surface area contributed by atoms with E-state index in [1.54, 1.807) is 4.90 Å². The Morgan fingerprint density at radius 2 is 1.94 bits per heavy atom. The quantitative estimate of drug-likeness (QED) is 0.779. The molecule has 0 aromatic carbocycles. The number of nitrogens with zero attached hydrogens (tertiary/aromatic N) is 2. The minimum Gasteiger partial charge on any atom is -0.302 e. The Balaban J connectivity index is 2.51. The second-order valence-corrected chi connectivity index (χ2v) is 5.46. The van der Waals surface area contributed by atoms with Gasteiger partial charge in [0.05, 0.1) is 6.07 Å². The first-order chi connectivity index (χ1) is 8.34. The molecule has 1 rings (SSSR count). The third-order valence-electron chi connectivity index (χ3n) is 3.80. The standard InChI is InChI=1S/C13H21F3N2/c1-10(2)11-4-3-6-18(7-5-11)9-12(8-17)13(14,15)16/h10-12H,3-7,9H2,1-2H3. The molecule has 0 saturated carbocycles. The van der Waals surface area contributed by atoms with Crippen molar-refractivity contribution in [3.8, 4) is 6.07 Å². The van der Waals surface area contributed by atoms with E-state index in [9.17, 15) is 13.2 Å². The van der Waals surface area contributed by atoms with Crippen LogP contribution in [0.3, 0.4) is 0 Å². The molecule has 104 valence electrons. The summed E-state index contributed by atoms with van der Waals surface area (Å²) in [6.45, 7) is 5.50. The predicted octanol–water partition coefficient (Wildman–Crippen LogP) is 3.45. The van der Waals surface area contributed by atoms with Crippen LogP contribution in [0.1, 0.15) is 33.1 Å². The monoisotopic (exact) mass is 262 g/mol. The Morgan fingerprint density at radius 1 is 1.28 bits per heavy atom. The lowest BCUT2D eigenvalue weighted by Crippen LogP contribution is -2.36. The summed E-state index contributed by atoms with van der Waals surface area (Å²) in [6, 6.07) is 1.38. The summed E-state index contributed by atoms with van der Waals surface area (Å²) in [6.07, 6.45) is -1.46.